The van der Waals surface area contributed by atoms with Gasteiger partial charge in [0.25, 0.3) is 0 Å². The van der Waals surface area contributed by atoms with E-state index in [4.69, 9.17) is 5.73 Å². The summed E-state index contributed by atoms with van der Waals surface area (Å²) >= 11 is 3.52. The van der Waals surface area contributed by atoms with E-state index in [1.807, 2.05) is 6.92 Å². The number of nitrogens with two attached hydrogens (primary N) is 1. The minimum absolute atomic E-state index is 0.0572. The van der Waals surface area contributed by atoms with Gasteiger partial charge in [0.15, 0.2) is 0 Å². The van der Waals surface area contributed by atoms with Crippen LogP contribution in [0, 0.1) is 0 Å². The van der Waals surface area contributed by atoms with Crippen molar-refractivity contribution in [1.82, 2.24) is 4.90 Å². The number of likely N-dealkylation sites (tertiary alicyclic amines) is 1. The van der Waals surface area contributed by atoms with Gasteiger partial charge in [-0.2, -0.15) is 0 Å². The first-order chi connectivity index (χ1) is 9.08. The average molecular weight is 326 g/mol. The monoisotopic (exact) mass is 325 g/mol. The maximum Gasteiger partial charge on any atom is 0.0413 e. The van der Waals surface area contributed by atoms with Crippen molar-refractivity contribution in [2.24, 2.45) is 5.73 Å². The van der Waals surface area contributed by atoms with Crippen molar-refractivity contribution in [3.8, 4) is 0 Å². The van der Waals surface area contributed by atoms with Crippen LogP contribution in [-0.2, 0) is 0 Å². The van der Waals surface area contributed by atoms with Crippen molar-refractivity contribution in [2.45, 2.75) is 25.8 Å². The molecular formula is C15H24BrN3. The van der Waals surface area contributed by atoms with Crippen LogP contribution in [0.1, 0.15) is 31.4 Å². The van der Waals surface area contributed by atoms with E-state index in [0.717, 1.165) is 17.6 Å². The lowest BCUT2D eigenvalue weighted by atomic mass is 10.1. The molecule has 1 fully saturated rings. The molecule has 4 heteroatoms. The average Bonchev–Trinajstić information content (AvgIpc) is 2.88. The van der Waals surface area contributed by atoms with Crippen LogP contribution in [0.3, 0.4) is 0 Å². The fraction of sp³-hybridized carbons (Fsp3) is 0.600. The topological polar surface area (TPSA) is 32.5 Å². The summed E-state index contributed by atoms with van der Waals surface area (Å²) in [7, 11) is 2.16. The molecule has 0 radical (unpaired) electrons. The lowest BCUT2D eigenvalue weighted by Crippen LogP contribution is -2.32. The van der Waals surface area contributed by atoms with Gasteiger partial charge >= 0.3 is 0 Å². The molecule has 3 nitrogen and oxygen atoms in total. The van der Waals surface area contributed by atoms with Gasteiger partial charge in [0, 0.05) is 36.3 Å². The molecule has 106 valence electrons. The molecule has 1 aliphatic rings. The maximum absolute atomic E-state index is 6.08. The van der Waals surface area contributed by atoms with Crippen molar-refractivity contribution in [2.75, 3.05) is 38.1 Å². The van der Waals surface area contributed by atoms with Gasteiger partial charge in [-0.05, 0) is 56.6 Å². The first-order valence-corrected chi connectivity index (χ1v) is 7.86. The third kappa shape index (κ3) is 3.94. The van der Waals surface area contributed by atoms with E-state index in [1.54, 1.807) is 0 Å². The van der Waals surface area contributed by atoms with E-state index < -0.39 is 0 Å². The van der Waals surface area contributed by atoms with E-state index in [0.29, 0.717) is 0 Å². The molecule has 2 rings (SSSR count). The summed E-state index contributed by atoms with van der Waals surface area (Å²) in [6.45, 7) is 6.76. The maximum atomic E-state index is 6.08. The number of rotatable bonds is 5. The van der Waals surface area contributed by atoms with Crippen molar-refractivity contribution < 1.29 is 0 Å². The number of benzene rings is 1. The predicted molar refractivity (Wildman–Crippen MR) is 85.7 cm³/mol. The second kappa shape index (κ2) is 6.73. The highest BCUT2D eigenvalue weighted by Crippen LogP contribution is 2.27. The molecule has 1 aliphatic heterocycles. The van der Waals surface area contributed by atoms with Gasteiger partial charge < -0.3 is 15.5 Å². The van der Waals surface area contributed by atoms with E-state index >= 15 is 0 Å². The normalized spacial score (nSPS) is 17.7. The van der Waals surface area contributed by atoms with Gasteiger partial charge in [-0.3, -0.25) is 0 Å². The Morgan fingerprint density at radius 1 is 1.37 bits per heavy atom. The zero-order valence-corrected chi connectivity index (χ0v) is 13.5. The summed E-state index contributed by atoms with van der Waals surface area (Å²) in [4.78, 5) is 4.87. The minimum Gasteiger partial charge on any atom is -0.373 e. The van der Waals surface area contributed by atoms with Crippen molar-refractivity contribution in [3.05, 3.63) is 28.2 Å². The Labute approximate surface area is 124 Å². The molecule has 1 saturated heterocycles. The van der Waals surface area contributed by atoms with Gasteiger partial charge in [-0.15, -0.1) is 0 Å². The van der Waals surface area contributed by atoms with E-state index in [9.17, 15) is 0 Å². The molecule has 0 bridgehead atoms. The zero-order valence-electron chi connectivity index (χ0n) is 11.9. The lowest BCUT2D eigenvalue weighted by Gasteiger charge is -2.26. The molecule has 1 heterocycles. The van der Waals surface area contributed by atoms with Crippen molar-refractivity contribution in [3.63, 3.8) is 0 Å². The van der Waals surface area contributed by atoms with Crippen molar-refractivity contribution in [1.29, 1.82) is 0 Å². The molecule has 1 unspecified atom stereocenters. The van der Waals surface area contributed by atoms with Crippen LogP contribution in [0.15, 0.2) is 22.7 Å². The van der Waals surface area contributed by atoms with Crippen LogP contribution in [0.2, 0.25) is 0 Å². The second-order valence-corrected chi connectivity index (χ2v) is 6.38. The van der Waals surface area contributed by atoms with Gasteiger partial charge in [0.05, 0.1) is 0 Å². The van der Waals surface area contributed by atoms with Crippen molar-refractivity contribution >= 4 is 21.6 Å². The quantitative estimate of drug-likeness (QED) is 0.903. The van der Waals surface area contributed by atoms with Crippen LogP contribution in [0.25, 0.3) is 0 Å². The molecular weight excluding hydrogens is 302 g/mol. The SMILES string of the molecule is CC(N)c1cc(Br)ccc1N(C)CCN1CCCC1. The van der Waals surface area contributed by atoms with E-state index in [1.165, 1.54) is 37.2 Å². The van der Waals surface area contributed by atoms with Gasteiger partial charge in [-0.25, -0.2) is 0 Å². The van der Waals surface area contributed by atoms with Crippen LogP contribution in [0.4, 0.5) is 5.69 Å². The highest BCUT2D eigenvalue weighted by Gasteiger charge is 2.14. The number of hydrogen-bond donors (Lipinski definition) is 1. The largest absolute Gasteiger partial charge is 0.373 e. The second-order valence-electron chi connectivity index (χ2n) is 5.46. The predicted octanol–water partition coefficient (Wildman–Crippen LogP) is 3.00. The zero-order chi connectivity index (χ0) is 13.8. The molecule has 0 aliphatic carbocycles. The highest BCUT2D eigenvalue weighted by atomic mass is 79.9. The fourth-order valence-corrected chi connectivity index (χ4v) is 3.03. The Kier molecular flexibility index (Phi) is 5.25. The Bertz CT molecular complexity index is 414. The Morgan fingerprint density at radius 2 is 2.05 bits per heavy atom. The highest BCUT2D eigenvalue weighted by molar-refractivity contribution is 9.10. The Hall–Kier alpha value is -0.580. The van der Waals surface area contributed by atoms with Crippen LogP contribution in [-0.4, -0.2) is 38.1 Å². The summed E-state index contributed by atoms with van der Waals surface area (Å²) in [6.07, 6.45) is 2.71. The number of anilines is 1. The standard InChI is InChI=1S/C15H24BrN3/c1-12(17)14-11-13(16)5-6-15(14)18(2)9-10-19-7-3-4-8-19/h5-6,11-12H,3-4,7-10,17H2,1-2H3. The van der Waals surface area contributed by atoms with Crippen LogP contribution in [0.5, 0.6) is 0 Å². The molecule has 1 aromatic rings. The molecule has 1 aromatic carbocycles. The summed E-state index contributed by atoms with van der Waals surface area (Å²) in [6, 6.07) is 6.44. The number of halogens is 1. The summed E-state index contributed by atoms with van der Waals surface area (Å²) in [5, 5.41) is 0. The molecule has 0 saturated carbocycles. The molecule has 0 aromatic heterocycles. The molecule has 1 atom stereocenters. The van der Waals surface area contributed by atoms with Crippen LogP contribution >= 0.6 is 15.9 Å². The third-order valence-electron chi connectivity index (χ3n) is 3.84. The summed E-state index contributed by atoms with van der Waals surface area (Å²) in [5.41, 5.74) is 8.54. The summed E-state index contributed by atoms with van der Waals surface area (Å²) < 4.78 is 1.09. The van der Waals surface area contributed by atoms with Gasteiger partial charge in [-0.1, -0.05) is 15.9 Å². The van der Waals surface area contributed by atoms with Crippen LogP contribution < -0.4 is 10.6 Å². The molecule has 2 N–H and O–H groups in total. The first-order valence-electron chi connectivity index (χ1n) is 7.06. The molecule has 0 spiro atoms. The Balaban J connectivity index is 2.02. The van der Waals surface area contributed by atoms with E-state index in [-0.39, 0.29) is 6.04 Å². The van der Waals surface area contributed by atoms with E-state index in [2.05, 4.69) is 51.0 Å². The van der Waals surface area contributed by atoms with Gasteiger partial charge in [0.1, 0.15) is 0 Å². The fourth-order valence-electron chi connectivity index (χ4n) is 2.66. The Morgan fingerprint density at radius 3 is 2.68 bits per heavy atom. The minimum atomic E-state index is 0.0572. The number of nitrogens with zero attached hydrogens (tertiary/aromatic N) is 2. The van der Waals surface area contributed by atoms with Gasteiger partial charge in [0.2, 0.25) is 0 Å². The molecule has 19 heavy (non-hydrogen) atoms. The number of likely N-dealkylation sites (N-methyl/N-ethyl adjacent to an activating group) is 1. The lowest BCUT2D eigenvalue weighted by molar-refractivity contribution is 0.346. The smallest absolute Gasteiger partial charge is 0.0413 e. The molecule has 0 amide bonds. The number of hydrogen-bond acceptors (Lipinski definition) is 3. The third-order valence-corrected chi connectivity index (χ3v) is 4.33. The first kappa shape index (κ1) is 14.8. The summed E-state index contributed by atoms with van der Waals surface area (Å²) in [5.74, 6) is 0.